The van der Waals surface area contributed by atoms with Crippen LogP contribution in [0.1, 0.15) is 36.6 Å². The molecule has 0 atom stereocenters. The van der Waals surface area contributed by atoms with E-state index in [0.717, 1.165) is 0 Å². The fourth-order valence-electron chi connectivity index (χ4n) is 4.49. The van der Waals surface area contributed by atoms with Crippen molar-refractivity contribution in [1.29, 1.82) is 0 Å². The van der Waals surface area contributed by atoms with Gasteiger partial charge >= 0.3 is 23.9 Å². The Hall–Kier alpha value is -6.18. The zero-order valence-electron chi connectivity index (χ0n) is 24.5. The van der Waals surface area contributed by atoms with E-state index in [4.69, 9.17) is 18.9 Å². The lowest BCUT2D eigenvalue weighted by Gasteiger charge is -2.08. The third-order valence-electron chi connectivity index (χ3n) is 6.75. The molecule has 0 amide bonds. The number of hydrogen-bond donors (Lipinski definition) is 2. The zero-order chi connectivity index (χ0) is 32.1. The van der Waals surface area contributed by atoms with Crippen molar-refractivity contribution >= 4 is 23.9 Å². The maximum absolute atomic E-state index is 12.2. The fourth-order valence-corrected chi connectivity index (χ4v) is 4.49. The van der Waals surface area contributed by atoms with E-state index >= 15 is 0 Å². The Bertz CT molecular complexity index is 1890. The molecule has 2 N–H and O–H groups in total. The minimum Gasteiger partial charge on any atom is -0.469 e. The topological polar surface area (TPSA) is 188 Å². The highest BCUT2D eigenvalue weighted by Crippen LogP contribution is 2.29. The van der Waals surface area contributed by atoms with E-state index in [1.165, 1.54) is 46.6 Å². The molecule has 3 aromatic carbocycles. The van der Waals surface area contributed by atoms with Crippen LogP contribution in [0.25, 0.3) is 45.6 Å². The molecule has 0 spiro atoms. The molecule has 5 rings (SSSR count). The van der Waals surface area contributed by atoms with Gasteiger partial charge in [-0.05, 0) is 42.0 Å². The highest BCUT2D eigenvalue weighted by Gasteiger charge is 2.19. The van der Waals surface area contributed by atoms with E-state index in [1.807, 2.05) is 0 Å². The molecule has 0 aliphatic heterocycles. The van der Waals surface area contributed by atoms with Crippen LogP contribution in [0.15, 0.2) is 60.7 Å². The van der Waals surface area contributed by atoms with E-state index in [1.54, 1.807) is 42.5 Å². The van der Waals surface area contributed by atoms with Crippen molar-refractivity contribution in [1.82, 2.24) is 30.4 Å². The number of nitrogens with one attached hydrogen (secondary N) is 2. The van der Waals surface area contributed by atoms with Crippen LogP contribution in [-0.2, 0) is 30.2 Å². The summed E-state index contributed by atoms with van der Waals surface area (Å²) in [6, 6.07) is 16.3. The highest BCUT2D eigenvalue weighted by atomic mass is 16.5. The number of benzene rings is 3. The Morgan fingerprint density at radius 2 is 1.16 bits per heavy atom. The second-order valence-corrected chi connectivity index (χ2v) is 9.49. The van der Waals surface area contributed by atoms with Crippen LogP contribution < -0.4 is 0 Å². The first-order chi connectivity index (χ1) is 21.7. The molecule has 0 aliphatic carbocycles. The Morgan fingerprint density at radius 3 is 1.73 bits per heavy atom. The van der Waals surface area contributed by atoms with Crippen molar-refractivity contribution in [2.75, 3.05) is 28.4 Å². The number of ether oxygens (including phenoxy) is 4. The van der Waals surface area contributed by atoms with Crippen LogP contribution in [0.2, 0.25) is 0 Å². The summed E-state index contributed by atoms with van der Waals surface area (Å²) < 4.78 is 19.3. The summed E-state index contributed by atoms with van der Waals surface area (Å²) in [5, 5.41) is 14.4. The molecule has 0 saturated carbocycles. The number of carbonyl (C=O) groups excluding carboxylic acids is 4. The Morgan fingerprint density at radius 1 is 0.600 bits per heavy atom. The van der Waals surface area contributed by atoms with Gasteiger partial charge in [-0.25, -0.2) is 24.4 Å². The Labute approximate surface area is 255 Å². The number of methoxy groups -OCH3 is 4. The second kappa shape index (κ2) is 13.0. The van der Waals surface area contributed by atoms with Crippen molar-refractivity contribution < 1.29 is 38.1 Å². The molecule has 0 radical (unpaired) electrons. The lowest BCUT2D eigenvalue weighted by Crippen LogP contribution is -2.08. The molecule has 0 bridgehead atoms. The average Bonchev–Trinajstić information content (AvgIpc) is 3.78. The van der Waals surface area contributed by atoms with E-state index in [9.17, 15) is 19.2 Å². The first-order valence-electron chi connectivity index (χ1n) is 13.3. The summed E-state index contributed by atoms with van der Waals surface area (Å²) >= 11 is 0. The number of rotatable bonds is 9. The van der Waals surface area contributed by atoms with Crippen molar-refractivity contribution in [3.05, 3.63) is 82.9 Å². The largest absolute Gasteiger partial charge is 0.469 e. The molecule has 14 heteroatoms. The molecule has 14 nitrogen and oxygen atoms in total. The predicted molar refractivity (Wildman–Crippen MR) is 158 cm³/mol. The molecule has 2 heterocycles. The third kappa shape index (κ3) is 6.44. The zero-order valence-corrected chi connectivity index (χ0v) is 24.5. The number of H-pyrrole nitrogens is 2. The number of carbonyl (C=O) groups is 4. The number of aromatic nitrogens is 6. The van der Waals surface area contributed by atoms with Crippen LogP contribution in [-0.4, -0.2) is 82.7 Å². The van der Waals surface area contributed by atoms with Gasteiger partial charge in [-0.1, -0.05) is 24.3 Å². The quantitative estimate of drug-likeness (QED) is 0.182. The van der Waals surface area contributed by atoms with Crippen LogP contribution in [0, 0.1) is 0 Å². The van der Waals surface area contributed by atoms with Gasteiger partial charge in [0.25, 0.3) is 0 Å². The van der Waals surface area contributed by atoms with Crippen molar-refractivity contribution in [2.45, 2.75) is 6.42 Å². The predicted octanol–water partition coefficient (Wildman–Crippen LogP) is 3.67. The Balaban J connectivity index is 1.47. The van der Waals surface area contributed by atoms with Crippen LogP contribution in [0.5, 0.6) is 0 Å². The molecular weight excluding hydrogens is 584 g/mol. The van der Waals surface area contributed by atoms with Crippen molar-refractivity contribution in [3.8, 4) is 45.6 Å². The summed E-state index contributed by atoms with van der Waals surface area (Å²) in [4.78, 5) is 57.8. The van der Waals surface area contributed by atoms with E-state index < -0.39 is 23.9 Å². The van der Waals surface area contributed by atoms with Gasteiger partial charge in [0.1, 0.15) is 0 Å². The summed E-state index contributed by atoms with van der Waals surface area (Å²) in [6.07, 6.45) is -0.0460. The van der Waals surface area contributed by atoms with Gasteiger partial charge in [-0.15, -0.1) is 0 Å². The normalized spacial score (nSPS) is 10.7. The average molecular weight is 611 g/mol. The molecular formula is C31H26N6O8. The lowest BCUT2D eigenvalue weighted by atomic mass is 10.0. The van der Waals surface area contributed by atoms with Crippen LogP contribution >= 0.6 is 0 Å². The number of aromatic amines is 2. The van der Waals surface area contributed by atoms with Gasteiger partial charge in [0.05, 0.1) is 51.6 Å². The summed E-state index contributed by atoms with van der Waals surface area (Å²) in [7, 11) is 5.05. The maximum atomic E-state index is 12.2. The molecule has 5 aromatic rings. The third-order valence-corrected chi connectivity index (χ3v) is 6.75. The van der Waals surface area contributed by atoms with Gasteiger partial charge in [-0.2, -0.15) is 10.2 Å². The number of nitrogens with zero attached hydrogens (tertiary/aromatic N) is 4. The lowest BCUT2D eigenvalue weighted by molar-refractivity contribution is -0.139. The van der Waals surface area contributed by atoms with Gasteiger partial charge < -0.3 is 18.9 Å². The molecule has 2 aromatic heterocycles. The minimum absolute atomic E-state index is 0.0460. The van der Waals surface area contributed by atoms with Crippen molar-refractivity contribution in [2.24, 2.45) is 0 Å². The Kier molecular flexibility index (Phi) is 8.74. The first kappa shape index (κ1) is 30.3. The molecule has 228 valence electrons. The molecule has 0 aliphatic rings. The van der Waals surface area contributed by atoms with Gasteiger partial charge in [-0.3, -0.25) is 15.0 Å². The monoisotopic (exact) mass is 610 g/mol. The number of esters is 4. The van der Waals surface area contributed by atoms with E-state index in [-0.39, 0.29) is 23.1 Å². The minimum atomic E-state index is -0.630. The maximum Gasteiger partial charge on any atom is 0.337 e. The van der Waals surface area contributed by atoms with Crippen LogP contribution in [0.4, 0.5) is 0 Å². The fraction of sp³-hybridized carbons (Fsp3) is 0.161. The summed E-state index contributed by atoms with van der Waals surface area (Å²) in [5.74, 6) is -0.969. The summed E-state index contributed by atoms with van der Waals surface area (Å²) in [6.45, 7) is 0. The number of hydrogen-bond acceptors (Lipinski definition) is 12. The standard InChI is InChI=1S/C31H26N6O8/c1-42-24(38)15-16-8-9-19(29(39)43-2)14-23(16)28-33-26(35-37-28)18-7-5-6-17(10-18)25-32-27(36-34-25)20-11-21(30(40)44-3)13-22(12-20)31(41)45-4/h5-14H,15H2,1-4H3,(H,32,34,36)(H,33,35,37). The molecule has 0 unspecified atom stereocenters. The summed E-state index contributed by atoms with van der Waals surface area (Å²) in [5.41, 5.74) is 3.29. The van der Waals surface area contributed by atoms with Crippen LogP contribution in [0.3, 0.4) is 0 Å². The SMILES string of the molecule is COC(=O)Cc1ccc(C(=O)OC)cc1-c1nc(-c2cccc(-c3n[nH]c(-c4cc(C(=O)OC)cc(C(=O)OC)c4)n3)c2)n[nH]1. The first-order valence-corrected chi connectivity index (χ1v) is 13.3. The van der Waals surface area contributed by atoms with Gasteiger partial charge in [0.15, 0.2) is 23.3 Å². The molecule has 0 fully saturated rings. The highest BCUT2D eigenvalue weighted by molar-refractivity contribution is 5.97. The van der Waals surface area contributed by atoms with Gasteiger partial charge in [0, 0.05) is 22.3 Å². The van der Waals surface area contributed by atoms with E-state index in [0.29, 0.717) is 51.1 Å². The second-order valence-electron chi connectivity index (χ2n) is 9.49. The molecule has 45 heavy (non-hydrogen) atoms. The molecule has 0 saturated heterocycles. The van der Waals surface area contributed by atoms with E-state index in [2.05, 4.69) is 30.4 Å². The van der Waals surface area contributed by atoms with Crippen molar-refractivity contribution in [3.63, 3.8) is 0 Å². The smallest absolute Gasteiger partial charge is 0.337 e. The van der Waals surface area contributed by atoms with Gasteiger partial charge in [0.2, 0.25) is 0 Å².